The van der Waals surface area contributed by atoms with Crippen molar-refractivity contribution < 1.29 is 4.79 Å². The molecular formula is C19H20O. The van der Waals surface area contributed by atoms with E-state index in [-0.39, 0.29) is 5.78 Å². The first-order valence-corrected chi connectivity index (χ1v) is 6.95. The maximum absolute atomic E-state index is 12.1. The van der Waals surface area contributed by atoms with E-state index in [1.807, 2.05) is 37.3 Å². The number of hydrogen-bond acceptors (Lipinski definition) is 1. The Morgan fingerprint density at radius 2 is 1.75 bits per heavy atom. The fourth-order valence-corrected chi connectivity index (χ4v) is 2.06. The van der Waals surface area contributed by atoms with Crippen molar-refractivity contribution in [1.82, 2.24) is 0 Å². The van der Waals surface area contributed by atoms with Gasteiger partial charge in [-0.15, -0.1) is 0 Å². The fourth-order valence-electron chi connectivity index (χ4n) is 2.06. The van der Waals surface area contributed by atoms with E-state index in [2.05, 4.69) is 38.1 Å². The first kappa shape index (κ1) is 14.3. The highest BCUT2D eigenvalue weighted by molar-refractivity contribution is 6.06. The molecule has 0 fully saturated rings. The van der Waals surface area contributed by atoms with Crippen LogP contribution in [0.2, 0.25) is 0 Å². The van der Waals surface area contributed by atoms with E-state index in [1.165, 1.54) is 5.56 Å². The molecule has 0 heterocycles. The molecule has 2 aromatic rings. The van der Waals surface area contributed by atoms with Crippen molar-refractivity contribution in [3.05, 3.63) is 76.9 Å². The molecular weight excluding hydrogens is 244 g/mol. The topological polar surface area (TPSA) is 17.1 Å². The van der Waals surface area contributed by atoms with Gasteiger partial charge in [0.15, 0.2) is 5.78 Å². The Morgan fingerprint density at radius 3 is 2.35 bits per heavy atom. The average molecular weight is 264 g/mol. The van der Waals surface area contributed by atoms with Crippen molar-refractivity contribution in [2.45, 2.75) is 26.7 Å². The number of carbonyl (C=O) groups excluding carboxylic acids is 1. The second-order valence-electron chi connectivity index (χ2n) is 5.39. The molecule has 0 atom stereocenters. The largest absolute Gasteiger partial charge is 0.289 e. The van der Waals surface area contributed by atoms with Gasteiger partial charge in [0, 0.05) is 5.56 Å². The van der Waals surface area contributed by atoms with Crippen molar-refractivity contribution in [1.29, 1.82) is 0 Å². The van der Waals surface area contributed by atoms with E-state index in [4.69, 9.17) is 0 Å². The lowest BCUT2D eigenvalue weighted by Crippen LogP contribution is -1.94. The van der Waals surface area contributed by atoms with Crippen LogP contribution in [-0.2, 0) is 0 Å². The Morgan fingerprint density at radius 1 is 1.05 bits per heavy atom. The van der Waals surface area contributed by atoms with Crippen LogP contribution in [0.4, 0.5) is 0 Å². The molecule has 0 saturated heterocycles. The van der Waals surface area contributed by atoms with Gasteiger partial charge in [-0.05, 0) is 36.1 Å². The summed E-state index contributed by atoms with van der Waals surface area (Å²) in [7, 11) is 0. The predicted octanol–water partition coefficient (Wildman–Crippen LogP) is 5.01. The van der Waals surface area contributed by atoms with Crippen LogP contribution >= 0.6 is 0 Å². The van der Waals surface area contributed by atoms with E-state index in [1.54, 1.807) is 6.08 Å². The fraction of sp³-hybridized carbons (Fsp3) is 0.211. The molecule has 0 spiro atoms. The Balaban J connectivity index is 2.11. The average Bonchev–Trinajstić information content (AvgIpc) is 2.45. The third-order valence-corrected chi connectivity index (χ3v) is 3.33. The quantitative estimate of drug-likeness (QED) is 0.560. The summed E-state index contributed by atoms with van der Waals surface area (Å²) in [5, 5.41) is 0. The van der Waals surface area contributed by atoms with Gasteiger partial charge < -0.3 is 0 Å². The Kier molecular flexibility index (Phi) is 4.52. The predicted molar refractivity (Wildman–Crippen MR) is 85.1 cm³/mol. The van der Waals surface area contributed by atoms with Crippen LogP contribution in [0.15, 0.2) is 54.6 Å². The lowest BCUT2D eigenvalue weighted by Gasteiger charge is -2.04. The smallest absolute Gasteiger partial charge is 0.185 e. The second kappa shape index (κ2) is 6.33. The summed E-state index contributed by atoms with van der Waals surface area (Å²) in [6, 6.07) is 16.0. The van der Waals surface area contributed by atoms with Crippen LogP contribution in [0.3, 0.4) is 0 Å². The first-order valence-electron chi connectivity index (χ1n) is 6.95. The van der Waals surface area contributed by atoms with Gasteiger partial charge >= 0.3 is 0 Å². The molecule has 0 amide bonds. The van der Waals surface area contributed by atoms with Crippen LogP contribution < -0.4 is 0 Å². The lowest BCUT2D eigenvalue weighted by atomic mass is 10.0. The van der Waals surface area contributed by atoms with Crippen molar-refractivity contribution in [2.75, 3.05) is 0 Å². The monoisotopic (exact) mass is 264 g/mol. The van der Waals surface area contributed by atoms with Crippen LogP contribution in [0.25, 0.3) is 6.08 Å². The Hall–Kier alpha value is -2.15. The molecule has 0 radical (unpaired) electrons. The number of ketones is 1. The van der Waals surface area contributed by atoms with Crippen LogP contribution in [-0.4, -0.2) is 5.78 Å². The summed E-state index contributed by atoms with van der Waals surface area (Å²) >= 11 is 0. The zero-order valence-electron chi connectivity index (χ0n) is 12.3. The molecule has 1 nitrogen and oxygen atoms in total. The third kappa shape index (κ3) is 3.67. The van der Waals surface area contributed by atoms with Gasteiger partial charge in [-0.1, -0.05) is 68.0 Å². The van der Waals surface area contributed by atoms with Gasteiger partial charge in [0.2, 0.25) is 0 Å². The summed E-state index contributed by atoms with van der Waals surface area (Å²) in [5.74, 6) is 0.573. The van der Waals surface area contributed by atoms with Gasteiger partial charge in [0.05, 0.1) is 0 Å². The number of benzene rings is 2. The molecule has 0 aliphatic heterocycles. The molecule has 20 heavy (non-hydrogen) atoms. The molecule has 0 aliphatic rings. The molecule has 102 valence electrons. The van der Waals surface area contributed by atoms with Crippen molar-refractivity contribution in [3.63, 3.8) is 0 Å². The summed E-state index contributed by atoms with van der Waals surface area (Å²) in [6.45, 7) is 6.34. The first-order chi connectivity index (χ1) is 9.56. The van der Waals surface area contributed by atoms with E-state index in [9.17, 15) is 4.79 Å². The SMILES string of the molecule is Cc1cccc(C(=O)/C=C/c2ccc(C(C)C)cc2)c1. The van der Waals surface area contributed by atoms with E-state index in [0.717, 1.165) is 16.7 Å². The molecule has 0 unspecified atom stereocenters. The van der Waals surface area contributed by atoms with Gasteiger partial charge in [-0.3, -0.25) is 4.79 Å². The number of aryl methyl sites for hydroxylation is 1. The van der Waals surface area contributed by atoms with E-state index in [0.29, 0.717) is 5.92 Å². The number of allylic oxidation sites excluding steroid dienone is 1. The molecule has 2 rings (SSSR count). The molecule has 0 aliphatic carbocycles. The minimum Gasteiger partial charge on any atom is -0.289 e. The highest BCUT2D eigenvalue weighted by Crippen LogP contribution is 2.15. The highest BCUT2D eigenvalue weighted by Gasteiger charge is 2.01. The zero-order valence-corrected chi connectivity index (χ0v) is 12.3. The maximum Gasteiger partial charge on any atom is 0.185 e. The summed E-state index contributed by atoms with van der Waals surface area (Å²) < 4.78 is 0. The van der Waals surface area contributed by atoms with E-state index < -0.39 is 0 Å². The van der Waals surface area contributed by atoms with Crippen LogP contribution in [0, 0.1) is 6.92 Å². The minimum absolute atomic E-state index is 0.0432. The molecule has 0 bridgehead atoms. The van der Waals surface area contributed by atoms with Gasteiger partial charge in [0.25, 0.3) is 0 Å². The molecule has 2 aromatic carbocycles. The summed E-state index contributed by atoms with van der Waals surface area (Å²) in [6.07, 6.45) is 3.51. The number of hydrogen-bond donors (Lipinski definition) is 0. The summed E-state index contributed by atoms with van der Waals surface area (Å²) in [4.78, 5) is 12.1. The van der Waals surface area contributed by atoms with E-state index >= 15 is 0 Å². The van der Waals surface area contributed by atoms with Gasteiger partial charge in [0.1, 0.15) is 0 Å². The number of carbonyl (C=O) groups is 1. The highest BCUT2D eigenvalue weighted by atomic mass is 16.1. The zero-order chi connectivity index (χ0) is 14.5. The Labute approximate surface area is 121 Å². The standard InChI is InChI=1S/C19H20O/c1-14(2)17-10-7-16(8-11-17)9-12-19(20)18-6-4-5-15(3)13-18/h4-14H,1-3H3/b12-9+. The van der Waals surface area contributed by atoms with Crippen LogP contribution in [0.1, 0.15) is 46.8 Å². The second-order valence-corrected chi connectivity index (χ2v) is 5.39. The number of rotatable bonds is 4. The van der Waals surface area contributed by atoms with Gasteiger partial charge in [-0.25, -0.2) is 0 Å². The minimum atomic E-state index is 0.0432. The molecule has 0 N–H and O–H groups in total. The van der Waals surface area contributed by atoms with Crippen LogP contribution in [0.5, 0.6) is 0 Å². The summed E-state index contributed by atoms with van der Waals surface area (Å²) in [5.41, 5.74) is 4.20. The third-order valence-electron chi connectivity index (χ3n) is 3.33. The van der Waals surface area contributed by atoms with Crippen molar-refractivity contribution in [2.24, 2.45) is 0 Å². The Bertz CT molecular complexity index is 618. The van der Waals surface area contributed by atoms with Crippen molar-refractivity contribution >= 4 is 11.9 Å². The van der Waals surface area contributed by atoms with Gasteiger partial charge in [-0.2, -0.15) is 0 Å². The normalized spacial score (nSPS) is 11.2. The molecule has 0 aromatic heterocycles. The molecule has 0 saturated carbocycles. The lowest BCUT2D eigenvalue weighted by molar-refractivity contribution is 0.104. The maximum atomic E-state index is 12.1. The van der Waals surface area contributed by atoms with Crippen molar-refractivity contribution in [3.8, 4) is 0 Å². The molecule has 1 heteroatoms.